The molecule has 0 radical (unpaired) electrons. The normalized spacial score (nSPS) is 11.8. The van der Waals surface area contributed by atoms with Crippen LogP contribution in [-0.2, 0) is 9.05 Å². The second-order valence-electron chi connectivity index (χ2n) is 4.33. The Balaban J connectivity index is 2.93. The molecule has 0 aliphatic carbocycles. The summed E-state index contributed by atoms with van der Waals surface area (Å²) < 4.78 is 22.3. The van der Waals surface area contributed by atoms with Gasteiger partial charge in [-0.2, -0.15) is 0 Å². The fourth-order valence-electron chi connectivity index (χ4n) is 1.54. The van der Waals surface area contributed by atoms with Crippen LogP contribution in [0.4, 0.5) is 0 Å². The highest BCUT2D eigenvalue weighted by Crippen LogP contribution is 2.24. The van der Waals surface area contributed by atoms with E-state index in [1.165, 1.54) is 11.4 Å². The van der Waals surface area contributed by atoms with Crippen molar-refractivity contribution in [2.24, 2.45) is 5.92 Å². The molecule has 0 spiro atoms. The summed E-state index contributed by atoms with van der Waals surface area (Å²) in [4.78, 5) is 13.8. The number of rotatable bonds is 5. The van der Waals surface area contributed by atoms with Crippen molar-refractivity contribution in [1.82, 2.24) is 4.90 Å². The number of carbonyl (C=O) groups is 1. The molecule has 0 bridgehead atoms. The minimum absolute atomic E-state index is 0.00752. The van der Waals surface area contributed by atoms with Gasteiger partial charge >= 0.3 is 0 Å². The van der Waals surface area contributed by atoms with Crippen molar-refractivity contribution in [3.8, 4) is 0 Å². The molecule has 0 saturated carbocycles. The predicted molar refractivity (Wildman–Crippen MR) is 73.8 cm³/mol. The molecule has 1 aromatic rings. The molecule has 4 nitrogen and oxygen atoms in total. The standard InChI is InChI=1S/C11H16ClNO3S2/c1-4-13(6-8(2)3)11(14)9-5-10(17-7-9)18(12,15)16/h5,7-8H,4,6H2,1-3H3. The van der Waals surface area contributed by atoms with Crippen LogP contribution in [0.5, 0.6) is 0 Å². The van der Waals surface area contributed by atoms with Gasteiger partial charge in [0.15, 0.2) is 0 Å². The van der Waals surface area contributed by atoms with Crippen molar-refractivity contribution in [1.29, 1.82) is 0 Å². The molecule has 1 heterocycles. The lowest BCUT2D eigenvalue weighted by atomic mass is 10.2. The van der Waals surface area contributed by atoms with E-state index >= 15 is 0 Å². The Bertz CT molecular complexity index is 522. The Morgan fingerprint density at radius 1 is 1.50 bits per heavy atom. The van der Waals surface area contributed by atoms with E-state index in [0.29, 0.717) is 24.6 Å². The second-order valence-corrected chi connectivity index (χ2v) is 8.03. The lowest BCUT2D eigenvalue weighted by Gasteiger charge is -2.22. The van der Waals surface area contributed by atoms with E-state index in [0.717, 1.165) is 11.3 Å². The highest BCUT2D eigenvalue weighted by Gasteiger charge is 2.20. The molecule has 7 heteroatoms. The summed E-state index contributed by atoms with van der Waals surface area (Å²) in [5.74, 6) is 0.206. The van der Waals surface area contributed by atoms with Crippen LogP contribution in [0, 0.1) is 5.92 Å². The number of halogens is 1. The van der Waals surface area contributed by atoms with E-state index in [2.05, 4.69) is 0 Å². The molecule has 0 aromatic carbocycles. The molecule has 0 atom stereocenters. The fraction of sp³-hybridized carbons (Fsp3) is 0.545. The van der Waals surface area contributed by atoms with Crippen molar-refractivity contribution >= 4 is 37.0 Å². The Labute approximate surface area is 116 Å². The van der Waals surface area contributed by atoms with Gasteiger partial charge in [0, 0.05) is 29.2 Å². The minimum atomic E-state index is -3.75. The molecular formula is C11H16ClNO3S2. The van der Waals surface area contributed by atoms with Crippen LogP contribution in [0.3, 0.4) is 0 Å². The molecule has 18 heavy (non-hydrogen) atoms. The van der Waals surface area contributed by atoms with Crippen molar-refractivity contribution in [3.05, 3.63) is 17.0 Å². The number of nitrogens with zero attached hydrogens (tertiary/aromatic N) is 1. The maximum absolute atomic E-state index is 12.1. The van der Waals surface area contributed by atoms with Crippen LogP contribution in [0.15, 0.2) is 15.7 Å². The summed E-state index contributed by atoms with van der Waals surface area (Å²) in [6.07, 6.45) is 0. The first-order valence-electron chi connectivity index (χ1n) is 5.58. The minimum Gasteiger partial charge on any atom is -0.339 e. The molecule has 0 N–H and O–H groups in total. The Morgan fingerprint density at radius 2 is 2.11 bits per heavy atom. The van der Waals surface area contributed by atoms with Crippen molar-refractivity contribution < 1.29 is 13.2 Å². The third-order valence-electron chi connectivity index (χ3n) is 2.32. The maximum atomic E-state index is 12.1. The second kappa shape index (κ2) is 6.04. The molecule has 1 rings (SSSR count). The molecule has 0 fully saturated rings. The van der Waals surface area contributed by atoms with Crippen LogP contribution < -0.4 is 0 Å². The van der Waals surface area contributed by atoms with E-state index in [1.807, 2.05) is 20.8 Å². The summed E-state index contributed by atoms with van der Waals surface area (Å²) in [6.45, 7) is 7.19. The van der Waals surface area contributed by atoms with Gasteiger partial charge in [-0.15, -0.1) is 11.3 Å². The summed E-state index contributed by atoms with van der Waals surface area (Å²) in [5, 5.41) is 1.53. The van der Waals surface area contributed by atoms with E-state index in [4.69, 9.17) is 10.7 Å². The molecule has 102 valence electrons. The smallest absolute Gasteiger partial charge is 0.270 e. The van der Waals surface area contributed by atoms with Crippen LogP contribution in [0.2, 0.25) is 0 Å². The number of hydrogen-bond acceptors (Lipinski definition) is 4. The first-order valence-corrected chi connectivity index (χ1v) is 8.77. The van der Waals surface area contributed by atoms with Gasteiger partial charge in [-0.25, -0.2) is 8.42 Å². The molecule has 0 aliphatic rings. The third kappa shape index (κ3) is 3.96. The average Bonchev–Trinajstić information content (AvgIpc) is 2.73. The van der Waals surface area contributed by atoms with Gasteiger partial charge < -0.3 is 4.90 Å². The molecule has 0 saturated heterocycles. The van der Waals surface area contributed by atoms with Crippen LogP contribution in [0.25, 0.3) is 0 Å². The van der Waals surface area contributed by atoms with E-state index in [9.17, 15) is 13.2 Å². The monoisotopic (exact) mass is 309 g/mol. The molecular weight excluding hydrogens is 294 g/mol. The van der Waals surface area contributed by atoms with Crippen molar-refractivity contribution in [2.75, 3.05) is 13.1 Å². The van der Waals surface area contributed by atoms with Gasteiger partial charge in [0.2, 0.25) is 0 Å². The SMILES string of the molecule is CCN(CC(C)C)C(=O)c1csc(S(=O)(=O)Cl)c1. The highest BCUT2D eigenvalue weighted by molar-refractivity contribution is 8.15. The lowest BCUT2D eigenvalue weighted by Crippen LogP contribution is -2.33. The zero-order valence-electron chi connectivity index (χ0n) is 10.5. The average molecular weight is 310 g/mol. The lowest BCUT2D eigenvalue weighted by molar-refractivity contribution is 0.0746. The molecule has 0 aliphatic heterocycles. The van der Waals surface area contributed by atoms with Gasteiger partial charge in [0.05, 0.1) is 5.56 Å². The third-order valence-corrected chi connectivity index (χ3v) is 5.36. The Kier molecular flexibility index (Phi) is 5.19. The Hall–Kier alpha value is -0.590. The fourth-order valence-corrected chi connectivity index (χ4v) is 3.48. The van der Waals surface area contributed by atoms with Crippen LogP contribution >= 0.6 is 22.0 Å². The van der Waals surface area contributed by atoms with E-state index < -0.39 is 9.05 Å². The van der Waals surface area contributed by atoms with Crippen molar-refractivity contribution in [2.45, 2.75) is 25.0 Å². The molecule has 0 unspecified atom stereocenters. The molecule has 1 aromatic heterocycles. The topological polar surface area (TPSA) is 54.5 Å². The Morgan fingerprint density at radius 3 is 2.50 bits per heavy atom. The van der Waals surface area contributed by atoms with Crippen LogP contribution in [0.1, 0.15) is 31.1 Å². The number of carbonyl (C=O) groups excluding carboxylic acids is 1. The van der Waals surface area contributed by atoms with Crippen LogP contribution in [-0.4, -0.2) is 32.3 Å². The molecule has 1 amide bonds. The zero-order chi connectivity index (χ0) is 13.9. The number of amides is 1. The highest BCUT2D eigenvalue weighted by atomic mass is 35.7. The van der Waals surface area contributed by atoms with Gasteiger partial charge in [0.25, 0.3) is 15.0 Å². The summed E-state index contributed by atoms with van der Waals surface area (Å²) in [6, 6.07) is 1.33. The zero-order valence-corrected chi connectivity index (χ0v) is 12.9. The quantitative estimate of drug-likeness (QED) is 0.786. The summed E-state index contributed by atoms with van der Waals surface area (Å²) in [7, 11) is 1.48. The van der Waals surface area contributed by atoms with Crippen molar-refractivity contribution in [3.63, 3.8) is 0 Å². The van der Waals surface area contributed by atoms with Gasteiger partial charge in [0.1, 0.15) is 4.21 Å². The van der Waals surface area contributed by atoms with Gasteiger partial charge in [-0.05, 0) is 18.9 Å². The van der Waals surface area contributed by atoms with Gasteiger partial charge in [-0.3, -0.25) is 4.79 Å². The first-order chi connectivity index (χ1) is 8.25. The number of hydrogen-bond donors (Lipinski definition) is 0. The summed E-state index contributed by atoms with van der Waals surface area (Å²) >= 11 is 0.964. The van der Waals surface area contributed by atoms with E-state index in [1.54, 1.807) is 4.90 Å². The largest absolute Gasteiger partial charge is 0.339 e. The maximum Gasteiger partial charge on any atom is 0.270 e. The van der Waals surface area contributed by atoms with Gasteiger partial charge in [-0.1, -0.05) is 13.8 Å². The number of thiophene rings is 1. The summed E-state index contributed by atoms with van der Waals surface area (Å²) in [5.41, 5.74) is 0.377. The predicted octanol–water partition coefficient (Wildman–Crippen LogP) is 2.79. The van der Waals surface area contributed by atoms with E-state index in [-0.39, 0.29) is 10.1 Å². The first kappa shape index (κ1) is 15.5.